The van der Waals surface area contributed by atoms with Crippen LogP contribution < -0.4 is 0 Å². The lowest BCUT2D eigenvalue weighted by Crippen LogP contribution is -2.51. The highest BCUT2D eigenvalue weighted by Gasteiger charge is 2.41. The molecule has 0 aromatic heterocycles. The second kappa shape index (κ2) is 10.4. The van der Waals surface area contributed by atoms with E-state index in [1.807, 2.05) is 0 Å². The Morgan fingerprint density at radius 2 is 1.74 bits per heavy atom. The predicted octanol–water partition coefficient (Wildman–Crippen LogP) is 2.74. The standard InChI is InChI=1S/C15H28O4/c1-3-4-5-6-7-8-9-18-14-12-13(16)15(14)19-11-10-17-2/h14-15H,3-12H2,1-2H3. The quantitative estimate of drug-likeness (QED) is 0.512. The summed E-state index contributed by atoms with van der Waals surface area (Å²) >= 11 is 0. The number of ether oxygens (including phenoxy) is 3. The lowest BCUT2D eigenvalue weighted by molar-refractivity contribution is -0.167. The van der Waals surface area contributed by atoms with Crippen molar-refractivity contribution in [1.29, 1.82) is 0 Å². The minimum absolute atomic E-state index is 0.0278. The molecule has 0 amide bonds. The van der Waals surface area contributed by atoms with Crippen LogP contribution in [0.3, 0.4) is 0 Å². The molecule has 0 aromatic carbocycles. The molecule has 1 rings (SSSR count). The van der Waals surface area contributed by atoms with Crippen molar-refractivity contribution in [2.45, 2.75) is 64.1 Å². The highest BCUT2D eigenvalue weighted by molar-refractivity contribution is 5.90. The molecule has 0 heterocycles. The number of rotatable bonds is 12. The van der Waals surface area contributed by atoms with Crippen molar-refractivity contribution in [3.63, 3.8) is 0 Å². The maximum atomic E-state index is 11.4. The molecule has 0 aliphatic heterocycles. The number of ketones is 1. The number of hydrogen-bond donors (Lipinski definition) is 0. The van der Waals surface area contributed by atoms with E-state index in [0.29, 0.717) is 19.6 Å². The van der Waals surface area contributed by atoms with Gasteiger partial charge in [-0.25, -0.2) is 0 Å². The molecule has 1 aliphatic carbocycles. The molecule has 1 saturated carbocycles. The number of hydrogen-bond acceptors (Lipinski definition) is 4. The number of unbranched alkanes of at least 4 members (excludes halogenated alkanes) is 5. The summed E-state index contributed by atoms with van der Waals surface area (Å²) in [6.45, 7) is 3.95. The maximum Gasteiger partial charge on any atom is 0.166 e. The normalized spacial score (nSPS) is 22.5. The van der Waals surface area contributed by atoms with Crippen molar-refractivity contribution < 1.29 is 19.0 Å². The summed E-state index contributed by atoms with van der Waals surface area (Å²) in [5.41, 5.74) is 0. The summed E-state index contributed by atoms with van der Waals surface area (Å²) in [7, 11) is 1.62. The fraction of sp³-hybridized carbons (Fsp3) is 0.933. The molecule has 0 aromatic rings. The molecule has 1 aliphatic rings. The van der Waals surface area contributed by atoms with Crippen LogP contribution in [0.15, 0.2) is 0 Å². The van der Waals surface area contributed by atoms with Crippen LogP contribution in [-0.2, 0) is 19.0 Å². The fourth-order valence-electron chi connectivity index (χ4n) is 2.19. The average molecular weight is 272 g/mol. The molecule has 112 valence electrons. The Labute approximate surface area is 116 Å². The summed E-state index contributed by atoms with van der Waals surface area (Å²) in [6.07, 6.45) is 7.64. The zero-order chi connectivity index (χ0) is 13.9. The summed E-state index contributed by atoms with van der Waals surface area (Å²) in [5.74, 6) is 0.157. The third kappa shape index (κ3) is 6.50. The number of carbonyl (C=O) groups excluding carboxylic acids is 1. The summed E-state index contributed by atoms with van der Waals surface area (Å²) < 4.78 is 16.1. The first-order valence-corrected chi connectivity index (χ1v) is 7.54. The van der Waals surface area contributed by atoms with Gasteiger partial charge >= 0.3 is 0 Å². The van der Waals surface area contributed by atoms with E-state index in [0.717, 1.165) is 13.0 Å². The van der Waals surface area contributed by atoms with Crippen molar-refractivity contribution in [2.75, 3.05) is 26.9 Å². The Bertz CT molecular complexity index is 242. The van der Waals surface area contributed by atoms with E-state index in [4.69, 9.17) is 14.2 Å². The first-order valence-electron chi connectivity index (χ1n) is 7.54. The molecule has 2 atom stereocenters. The lowest BCUT2D eigenvalue weighted by Gasteiger charge is -2.34. The van der Waals surface area contributed by atoms with E-state index in [9.17, 15) is 4.79 Å². The van der Waals surface area contributed by atoms with Crippen molar-refractivity contribution in [3.8, 4) is 0 Å². The molecule has 0 spiro atoms. The second-order valence-electron chi connectivity index (χ2n) is 5.13. The van der Waals surface area contributed by atoms with Crippen LogP contribution in [0.2, 0.25) is 0 Å². The van der Waals surface area contributed by atoms with E-state index < -0.39 is 0 Å². The van der Waals surface area contributed by atoms with Crippen molar-refractivity contribution in [3.05, 3.63) is 0 Å². The first-order chi connectivity index (χ1) is 9.29. The molecule has 4 nitrogen and oxygen atoms in total. The molecular weight excluding hydrogens is 244 g/mol. The smallest absolute Gasteiger partial charge is 0.166 e. The van der Waals surface area contributed by atoms with Gasteiger partial charge in [-0.15, -0.1) is 0 Å². The monoisotopic (exact) mass is 272 g/mol. The summed E-state index contributed by atoms with van der Waals surface area (Å²) in [4.78, 5) is 11.4. The average Bonchev–Trinajstić information content (AvgIpc) is 2.41. The van der Waals surface area contributed by atoms with Crippen LogP contribution in [0.1, 0.15) is 51.9 Å². The molecule has 0 bridgehead atoms. The van der Waals surface area contributed by atoms with Crippen molar-refractivity contribution in [1.82, 2.24) is 0 Å². The van der Waals surface area contributed by atoms with E-state index in [-0.39, 0.29) is 18.0 Å². The van der Waals surface area contributed by atoms with Crippen LogP contribution in [0.5, 0.6) is 0 Å². The molecule has 4 heteroatoms. The van der Waals surface area contributed by atoms with Crippen molar-refractivity contribution in [2.24, 2.45) is 0 Å². The van der Waals surface area contributed by atoms with E-state index in [1.54, 1.807) is 7.11 Å². The van der Waals surface area contributed by atoms with E-state index >= 15 is 0 Å². The predicted molar refractivity (Wildman–Crippen MR) is 74.4 cm³/mol. The van der Waals surface area contributed by atoms with E-state index in [1.165, 1.54) is 32.1 Å². The molecular formula is C15H28O4. The van der Waals surface area contributed by atoms with Gasteiger partial charge in [0.15, 0.2) is 5.78 Å². The van der Waals surface area contributed by atoms with Gasteiger partial charge in [-0.2, -0.15) is 0 Å². The molecule has 0 N–H and O–H groups in total. The Hall–Kier alpha value is -0.450. The second-order valence-corrected chi connectivity index (χ2v) is 5.13. The van der Waals surface area contributed by atoms with Gasteiger partial charge in [-0.05, 0) is 6.42 Å². The largest absolute Gasteiger partial charge is 0.382 e. The van der Waals surface area contributed by atoms with Crippen LogP contribution in [-0.4, -0.2) is 44.9 Å². The number of Topliss-reactive ketones (excluding diaryl/α,β-unsaturated/α-hetero) is 1. The molecule has 19 heavy (non-hydrogen) atoms. The van der Waals surface area contributed by atoms with Gasteiger partial charge in [-0.1, -0.05) is 39.0 Å². The van der Waals surface area contributed by atoms with Gasteiger partial charge in [0.1, 0.15) is 6.10 Å². The van der Waals surface area contributed by atoms with Gasteiger partial charge in [0.05, 0.1) is 19.3 Å². The maximum absolute atomic E-state index is 11.4. The molecule has 1 fully saturated rings. The Kier molecular flexibility index (Phi) is 9.05. The third-order valence-corrected chi connectivity index (χ3v) is 3.47. The van der Waals surface area contributed by atoms with Gasteiger partial charge in [0.25, 0.3) is 0 Å². The van der Waals surface area contributed by atoms with Crippen LogP contribution in [0, 0.1) is 0 Å². The van der Waals surface area contributed by atoms with Crippen LogP contribution >= 0.6 is 0 Å². The number of methoxy groups -OCH3 is 1. The van der Waals surface area contributed by atoms with Gasteiger partial charge < -0.3 is 14.2 Å². The van der Waals surface area contributed by atoms with Crippen molar-refractivity contribution >= 4 is 5.78 Å². The Balaban J connectivity index is 1.98. The molecule has 0 saturated heterocycles. The van der Waals surface area contributed by atoms with Gasteiger partial charge in [0, 0.05) is 20.1 Å². The fourth-order valence-corrected chi connectivity index (χ4v) is 2.19. The SMILES string of the molecule is CCCCCCCCOC1CC(=O)C1OCCOC. The Morgan fingerprint density at radius 3 is 2.42 bits per heavy atom. The molecule has 0 radical (unpaired) electrons. The minimum atomic E-state index is -0.352. The highest BCUT2D eigenvalue weighted by atomic mass is 16.6. The lowest BCUT2D eigenvalue weighted by atomic mass is 9.90. The van der Waals surface area contributed by atoms with Crippen LogP contribution in [0.25, 0.3) is 0 Å². The third-order valence-electron chi connectivity index (χ3n) is 3.47. The highest BCUT2D eigenvalue weighted by Crippen LogP contribution is 2.23. The zero-order valence-electron chi connectivity index (χ0n) is 12.4. The summed E-state index contributed by atoms with van der Waals surface area (Å²) in [6, 6.07) is 0. The Morgan fingerprint density at radius 1 is 1.00 bits per heavy atom. The zero-order valence-corrected chi connectivity index (χ0v) is 12.4. The van der Waals surface area contributed by atoms with Gasteiger partial charge in [-0.3, -0.25) is 4.79 Å². The van der Waals surface area contributed by atoms with Crippen LogP contribution in [0.4, 0.5) is 0 Å². The number of carbonyl (C=O) groups is 1. The molecule has 2 unspecified atom stereocenters. The van der Waals surface area contributed by atoms with Gasteiger partial charge in [0.2, 0.25) is 0 Å². The first kappa shape index (κ1) is 16.6. The minimum Gasteiger partial charge on any atom is -0.382 e. The van der Waals surface area contributed by atoms with E-state index in [2.05, 4.69) is 6.92 Å². The topological polar surface area (TPSA) is 44.8 Å². The summed E-state index contributed by atoms with van der Waals surface area (Å²) in [5, 5.41) is 0.